The van der Waals surface area contributed by atoms with Gasteiger partial charge in [-0.3, -0.25) is 4.90 Å². The van der Waals surface area contributed by atoms with Gasteiger partial charge in [0, 0.05) is 32.6 Å². The van der Waals surface area contributed by atoms with Gasteiger partial charge in [-0.05, 0) is 30.9 Å². The van der Waals surface area contributed by atoms with E-state index in [-0.39, 0.29) is 0 Å². The summed E-state index contributed by atoms with van der Waals surface area (Å²) in [5.41, 5.74) is 0. The van der Waals surface area contributed by atoms with Crippen LogP contribution in [0.25, 0.3) is 0 Å². The minimum absolute atomic E-state index is 0.529. The summed E-state index contributed by atoms with van der Waals surface area (Å²) in [6, 6.07) is 4.90. The van der Waals surface area contributed by atoms with Crippen molar-refractivity contribution in [2.45, 2.75) is 38.6 Å². The molecule has 0 spiro atoms. The molecule has 2 fully saturated rings. The molecule has 0 amide bonds. The molecule has 18 heavy (non-hydrogen) atoms. The average molecular weight is 248 g/mol. The van der Waals surface area contributed by atoms with Crippen molar-refractivity contribution in [3.63, 3.8) is 0 Å². The van der Waals surface area contributed by atoms with Crippen LogP contribution in [0.15, 0.2) is 16.5 Å². The summed E-state index contributed by atoms with van der Waals surface area (Å²) in [5.74, 6) is 3.15. The molecule has 1 aromatic rings. The lowest BCUT2D eigenvalue weighted by Crippen LogP contribution is -2.47. The number of hydrogen-bond acceptors (Lipinski definition) is 3. The smallest absolute Gasteiger partial charge is 0.121 e. The maximum absolute atomic E-state index is 6.04. The van der Waals surface area contributed by atoms with Crippen molar-refractivity contribution in [3.8, 4) is 0 Å². The maximum Gasteiger partial charge on any atom is 0.121 e. The summed E-state index contributed by atoms with van der Waals surface area (Å²) in [7, 11) is 0. The van der Waals surface area contributed by atoms with Crippen molar-refractivity contribution in [3.05, 3.63) is 23.7 Å². The third kappa shape index (κ3) is 2.34. The third-order valence-corrected chi connectivity index (χ3v) is 4.46. The Balaban J connectivity index is 1.79. The molecule has 0 radical (unpaired) electrons. The molecule has 0 unspecified atom stereocenters. The molecular weight excluding hydrogens is 224 g/mol. The van der Waals surface area contributed by atoms with Gasteiger partial charge in [-0.2, -0.15) is 0 Å². The van der Waals surface area contributed by atoms with Gasteiger partial charge < -0.3 is 9.73 Å². The molecular formula is C15H24N2O. The summed E-state index contributed by atoms with van der Waals surface area (Å²) in [6.45, 7) is 6.70. The number of aryl methyl sites for hydroxylation is 1. The van der Waals surface area contributed by atoms with Crippen LogP contribution in [0.2, 0.25) is 0 Å². The maximum atomic E-state index is 6.04. The van der Waals surface area contributed by atoms with Gasteiger partial charge in [-0.15, -0.1) is 0 Å². The first-order chi connectivity index (χ1) is 8.88. The van der Waals surface area contributed by atoms with Gasteiger partial charge in [-0.1, -0.05) is 13.3 Å². The van der Waals surface area contributed by atoms with Crippen LogP contribution in [0.1, 0.15) is 43.7 Å². The van der Waals surface area contributed by atoms with E-state index >= 15 is 0 Å². The molecule has 1 saturated carbocycles. The zero-order valence-corrected chi connectivity index (χ0v) is 11.3. The highest BCUT2D eigenvalue weighted by Gasteiger charge is 2.35. The van der Waals surface area contributed by atoms with Gasteiger partial charge >= 0.3 is 0 Å². The highest BCUT2D eigenvalue weighted by Crippen LogP contribution is 2.41. The zero-order valence-electron chi connectivity index (χ0n) is 11.3. The Morgan fingerprint density at radius 3 is 2.67 bits per heavy atom. The standard InChI is InChI=1S/C15H24N2O/c1-2-13-6-7-14(18-13)15(12-4-3-5-12)17-10-8-16-9-11-17/h6-7,12,15-16H,2-5,8-11H2,1H3/t15-/m0/s1. The van der Waals surface area contributed by atoms with Crippen LogP contribution in [0, 0.1) is 5.92 Å². The summed E-state index contributed by atoms with van der Waals surface area (Å²) >= 11 is 0. The average Bonchev–Trinajstić information content (AvgIpc) is 2.83. The Morgan fingerprint density at radius 2 is 2.11 bits per heavy atom. The molecule has 3 nitrogen and oxygen atoms in total. The van der Waals surface area contributed by atoms with E-state index in [0.717, 1.165) is 44.3 Å². The van der Waals surface area contributed by atoms with E-state index in [1.54, 1.807) is 0 Å². The Morgan fingerprint density at radius 1 is 1.33 bits per heavy atom. The van der Waals surface area contributed by atoms with Gasteiger partial charge in [-0.25, -0.2) is 0 Å². The number of piperazine rings is 1. The monoisotopic (exact) mass is 248 g/mol. The molecule has 1 N–H and O–H groups in total. The van der Waals surface area contributed by atoms with E-state index in [1.807, 2.05) is 0 Å². The second-order valence-corrected chi connectivity index (χ2v) is 5.58. The summed E-state index contributed by atoms with van der Waals surface area (Å²) in [4.78, 5) is 2.62. The molecule has 3 heteroatoms. The Kier molecular flexibility index (Phi) is 3.71. The van der Waals surface area contributed by atoms with Crippen LogP contribution < -0.4 is 5.32 Å². The molecule has 1 atom stereocenters. The molecule has 1 aliphatic heterocycles. The second-order valence-electron chi connectivity index (χ2n) is 5.58. The fourth-order valence-corrected chi connectivity index (χ4v) is 3.17. The molecule has 3 rings (SSSR count). The largest absolute Gasteiger partial charge is 0.464 e. The van der Waals surface area contributed by atoms with E-state index in [4.69, 9.17) is 4.42 Å². The van der Waals surface area contributed by atoms with Gasteiger partial charge in [0.15, 0.2) is 0 Å². The lowest BCUT2D eigenvalue weighted by atomic mass is 9.78. The van der Waals surface area contributed by atoms with Crippen molar-refractivity contribution in [1.82, 2.24) is 10.2 Å². The van der Waals surface area contributed by atoms with Crippen LogP contribution in [-0.2, 0) is 6.42 Å². The van der Waals surface area contributed by atoms with Crippen molar-refractivity contribution < 1.29 is 4.42 Å². The van der Waals surface area contributed by atoms with E-state index < -0.39 is 0 Å². The van der Waals surface area contributed by atoms with E-state index in [1.165, 1.54) is 25.0 Å². The molecule has 1 aliphatic carbocycles. The topological polar surface area (TPSA) is 28.4 Å². The first-order valence-electron chi connectivity index (χ1n) is 7.42. The van der Waals surface area contributed by atoms with Gasteiger partial charge in [0.25, 0.3) is 0 Å². The second kappa shape index (κ2) is 5.45. The number of rotatable bonds is 4. The fraction of sp³-hybridized carbons (Fsp3) is 0.733. The van der Waals surface area contributed by atoms with Crippen LogP contribution in [0.5, 0.6) is 0 Å². The van der Waals surface area contributed by atoms with Crippen LogP contribution >= 0.6 is 0 Å². The van der Waals surface area contributed by atoms with E-state index in [2.05, 4.69) is 29.3 Å². The summed E-state index contributed by atoms with van der Waals surface area (Å²) in [6.07, 6.45) is 5.14. The minimum atomic E-state index is 0.529. The number of nitrogens with zero attached hydrogens (tertiary/aromatic N) is 1. The number of furan rings is 1. The van der Waals surface area contributed by atoms with Crippen molar-refractivity contribution in [2.24, 2.45) is 5.92 Å². The van der Waals surface area contributed by atoms with E-state index in [9.17, 15) is 0 Å². The summed E-state index contributed by atoms with van der Waals surface area (Å²) in [5, 5.41) is 3.44. The zero-order chi connectivity index (χ0) is 12.4. The molecule has 0 aromatic carbocycles. The third-order valence-electron chi connectivity index (χ3n) is 4.46. The normalized spacial score (nSPS) is 23.8. The Hall–Kier alpha value is -0.800. The number of nitrogens with one attached hydrogen (secondary N) is 1. The quantitative estimate of drug-likeness (QED) is 0.888. The highest BCUT2D eigenvalue weighted by molar-refractivity contribution is 5.13. The van der Waals surface area contributed by atoms with Crippen molar-refractivity contribution in [1.29, 1.82) is 0 Å². The molecule has 2 heterocycles. The van der Waals surface area contributed by atoms with Crippen molar-refractivity contribution in [2.75, 3.05) is 26.2 Å². The first kappa shape index (κ1) is 12.2. The predicted octanol–water partition coefficient (Wildman–Crippen LogP) is 2.59. The van der Waals surface area contributed by atoms with Gasteiger partial charge in [0.1, 0.15) is 11.5 Å². The molecule has 1 saturated heterocycles. The van der Waals surface area contributed by atoms with Gasteiger partial charge in [0.05, 0.1) is 6.04 Å². The SMILES string of the molecule is CCc1ccc([C@H](C2CCC2)N2CCNCC2)o1. The Labute approximate surface area is 110 Å². The number of hydrogen-bond donors (Lipinski definition) is 1. The molecule has 100 valence electrons. The predicted molar refractivity (Wildman–Crippen MR) is 72.6 cm³/mol. The first-order valence-corrected chi connectivity index (χ1v) is 7.42. The lowest BCUT2D eigenvalue weighted by molar-refractivity contribution is 0.0677. The highest BCUT2D eigenvalue weighted by atomic mass is 16.3. The van der Waals surface area contributed by atoms with E-state index in [0.29, 0.717) is 6.04 Å². The molecule has 2 aliphatic rings. The van der Waals surface area contributed by atoms with Crippen LogP contribution in [0.3, 0.4) is 0 Å². The van der Waals surface area contributed by atoms with Crippen molar-refractivity contribution >= 4 is 0 Å². The molecule has 1 aromatic heterocycles. The van der Waals surface area contributed by atoms with Gasteiger partial charge in [0.2, 0.25) is 0 Å². The lowest BCUT2D eigenvalue weighted by Gasteiger charge is -2.41. The summed E-state index contributed by atoms with van der Waals surface area (Å²) < 4.78 is 6.04. The Bertz CT molecular complexity index is 378. The fourth-order valence-electron chi connectivity index (χ4n) is 3.17. The van der Waals surface area contributed by atoms with Crippen LogP contribution in [0.4, 0.5) is 0 Å². The van der Waals surface area contributed by atoms with Crippen LogP contribution in [-0.4, -0.2) is 31.1 Å². The molecule has 0 bridgehead atoms. The minimum Gasteiger partial charge on any atom is -0.464 e.